The molecule has 2 rings (SSSR count). The molecule has 0 radical (unpaired) electrons. The number of amides is 1. The number of ether oxygens (including phenoxy) is 1. The molecule has 0 atom stereocenters. The number of hydrogen-bond acceptors (Lipinski definition) is 3. The second kappa shape index (κ2) is 5.14. The van der Waals surface area contributed by atoms with Crippen LogP contribution in [-0.2, 0) is 4.74 Å². The lowest BCUT2D eigenvalue weighted by molar-refractivity contribution is 0.0152. The normalized spacial score (nSPS) is 23.0. The molecule has 0 N–H and O–H groups in total. The molecule has 0 aromatic heterocycles. The molecule has 2 aliphatic rings. The third-order valence-corrected chi connectivity index (χ3v) is 4.33. The van der Waals surface area contributed by atoms with Crippen molar-refractivity contribution in [1.82, 2.24) is 4.90 Å². The number of rotatable bonds is 3. The van der Waals surface area contributed by atoms with Crippen molar-refractivity contribution >= 4 is 12.8 Å². The highest BCUT2D eigenvalue weighted by Gasteiger charge is 2.49. The molecule has 1 heterocycles. The number of piperidine rings is 1. The Morgan fingerprint density at radius 2 is 1.95 bits per heavy atom. The van der Waals surface area contributed by atoms with Gasteiger partial charge in [-0.1, -0.05) is 0 Å². The molecule has 1 saturated heterocycles. The molecule has 1 amide bonds. The molecule has 1 aliphatic carbocycles. The molecule has 0 aromatic carbocycles. The van der Waals surface area contributed by atoms with Gasteiger partial charge in [-0.2, -0.15) is 0 Å². The highest BCUT2D eigenvalue weighted by Crippen LogP contribution is 2.55. The van der Waals surface area contributed by atoms with Crippen molar-refractivity contribution in [1.29, 1.82) is 0 Å². The average molecular weight is 266 g/mol. The maximum absolute atomic E-state index is 12.0. The maximum Gasteiger partial charge on any atom is 0.410 e. The summed E-state index contributed by atoms with van der Waals surface area (Å²) in [4.78, 5) is 17.9. The van der Waals surface area contributed by atoms with Gasteiger partial charge in [0.15, 0.2) is 0 Å². The Morgan fingerprint density at radius 3 is 2.37 bits per heavy atom. The van der Waals surface area contributed by atoms with E-state index in [1.54, 1.807) is 0 Å². The van der Waals surface area contributed by atoms with Gasteiger partial charge in [-0.05, 0) is 64.5 Å². The third-order valence-electron chi connectivity index (χ3n) is 4.33. The van der Waals surface area contributed by atoms with E-state index in [4.69, 9.17) is 4.74 Å². The van der Waals surface area contributed by atoms with Crippen LogP contribution in [0.15, 0.2) is 4.99 Å². The first-order chi connectivity index (χ1) is 8.86. The number of hydrogen-bond donors (Lipinski definition) is 0. The van der Waals surface area contributed by atoms with Crippen LogP contribution in [0.25, 0.3) is 0 Å². The number of nitrogens with zero attached hydrogens (tertiary/aromatic N) is 2. The Balaban J connectivity index is 1.83. The van der Waals surface area contributed by atoms with E-state index in [1.165, 1.54) is 12.8 Å². The van der Waals surface area contributed by atoms with Crippen LogP contribution in [0.3, 0.4) is 0 Å². The zero-order chi connectivity index (χ0) is 14.1. The summed E-state index contributed by atoms with van der Waals surface area (Å²) in [5, 5.41) is 0. The van der Waals surface area contributed by atoms with Gasteiger partial charge in [0.25, 0.3) is 0 Å². The molecule has 4 nitrogen and oxygen atoms in total. The summed E-state index contributed by atoms with van der Waals surface area (Å²) in [6.45, 7) is 11.9. The summed E-state index contributed by atoms with van der Waals surface area (Å²) in [6.07, 6.45) is 4.55. The molecule has 108 valence electrons. The van der Waals surface area contributed by atoms with Crippen molar-refractivity contribution in [2.75, 3.05) is 19.6 Å². The van der Waals surface area contributed by atoms with Crippen LogP contribution in [0.2, 0.25) is 0 Å². The molecule has 1 aliphatic heterocycles. The van der Waals surface area contributed by atoms with E-state index in [-0.39, 0.29) is 6.09 Å². The van der Waals surface area contributed by atoms with Crippen molar-refractivity contribution in [2.45, 2.75) is 52.1 Å². The van der Waals surface area contributed by atoms with E-state index in [1.807, 2.05) is 25.7 Å². The quantitative estimate of drug-likeness (QED) is 0.736. The standard InChI is InChI=1S/C15H26N2O2/c1-14(2,3)19-13(18)17-9-5-12(6-10-17)15(7-8-15)11-16-4/h12H,4-11H2,1-3H3. The third kappa shape index (κ3) is 3.48. The second-order valence-corrected chi connectivity index (χ2v) is 6.99. The summed E-state index contributed by atoms with van der Waals surface area (Å²) >= 11 is 0. The first-order valence-electron chi connectivity index (χ1n) is 7.27. The van der Waals surface area contributed by atoms with Crippen molar-refractivity contribution in [3.8, 4) is 0 Å². The van der Waals surface area contributed by atoms with Crippen molar-refractivity contribution < 1.29 is 9.53 Å². The van der Waals surface area contributed by atoms with Crippen LogP contribution < -0.4 is 0 Å². The first-order valence-corrected chi connectivity index (χ1v) is 7.27. The number of carbonyl (C=O) groups is 1. The lowest BCUT2D eigenvalue weighted by atomic mass is 9.81. The highest BCUT2D eigenvalue weighted by molar-refractivity contribution is 5.68. The Kier molecular flexibility index (Phi) is 3.88. The average Bonchev–Trinajstić information content (AvgIpc) is 3.09. The van der Waals surface area contributed by atoms with Crippen LogP contribution >= 0.6 is 0 Å². The fraction of sp³-hybridized carbons (Fsp3) is 0.867. The van der Waals surface area contributed by atoms with Crippen LogP contribution in [0.4, 0.5) is 4.79 Å². The fourth-order valence-electron chi connectivity index (χ4n) is 3.08. The van der Waals surface area contributed by atoms with E-state index in [0.29, 0.717) is 11.3 Å². The SMILES string of the molecule is C=NCC1(C2CCN(C(=O)OC(C)(C)C)CC2)CC1. The van der Waals surface area contributed by atoms with Gasteiger partial charge in [0.2, 0.25) is 0 Å². The van der Waals surface area contributed by atoms with Gasteiger partial charge in [0.05, 0.1) is 0 Å². The van der Waals surface area contributed by atoms with E-state index >= 15 is 0 Å². The summed E-state index contributed by atoms with van der Waals surface area (Å²) < 4.78 is 5.42. The van der Waals surface area contributed by atoms with Gasteiger partial charge < -0.3 is 14.6 Å². The van der Waals surface area contributed by atoms with Crippen molar-refractivity contribution in [3.63, 3.8) is 0 Å². The van der Waals surface area contributed by atoms with Crippen LogP contribution in [0.1, 0.15) is 46.5 Å². The maximum atomic E-state index is 12.0. The van der Waals surface area contributed by atoms with Gasteiger partial charge in [-0.15, -0.1) is 0 Å². The first kappa shape index (κ1) is 14.4. The van der Waals surface area contributed by atoms with Gasteiger partial charge in [-0.3, -0.25) is 0 Å². The molecule has 0 bridgehead atoms. The van der Waals surface area contributed by atoms with Crippen molar-refractivity contribution in [3.05, 3.63) is 0 Å². The molecule has 4 heteroatoms. The Labute approximate surface area is 116 Å². The number of aliphatic imine (C=N–C) groups is 1. The molecule has 19 heavy (non-hydrogen) atoms. The van der Waals surface area contributed by atoms with Gasteiger partial charge in [0, 0.05) is 19.6 Å². The molecule has 1 saturated carbocycles. The lowest BCUT2D eigenvalue weighted by Gasteiger charge is -2.36. The smallest absolute Gasteiger partial charge is 0.410 e. The van der Waals surface area contributed by atoms with Gasteiger partial charge in [-0.25, -0.2) is 4.79 Å². The largest absolute Gasteiger partial charge is 0.444 e. The number of likely N-dealkylation sites (tertiary alicyclic amines) is 1. The Hall–Kier alpha value is -1.06. The second-order valence-electron chi connectivity index (χ2n) is 6.99. The molecular weight excluding hydrogens is 240 g/mol. The zero-order valence-corrected chi connectivity index (χ0v) is 12.4. The molecule has 0 aromatic rings. The van der Waals surface area contributed by atoms with Crippen LogP contribution in [0, 0.1) is 11.3 Å². The molecule has 0 unspecified atom stereocenters. The summed E-state index contributed by atoms with van der Waals surface area (Å²) in [7, 11) is 0. The molecule has 2 fully saturated rings. The van der Waals surface area contributed by atoms with E-state index in [0.717, 1.165) is 32.5 Å². The van der Waals surface area contributed by atoms with Gasteiger partial charge >= 0.3 is 6.09 Å². The lowest BCUT2D eigenvalue weighted by Crippen LogP contribution is -2.43. The molecule has 0 spiro atoms. The topological polar surface area (TPSA) is 41.9 Å². The minimum absolute atomic E-state index is 0.169. The Morgan fingerprint density at radius 1 is 1.37 bits per heavy atom. The van der Waals surface area contributed by atoms with Gasteiger partial charge in [0.1, 0.15) is 5.60 Å². The summed E-state index contributed by atoms with van der Waals surface area (Å²) in [5.41, 5.74) is 0.0141. The van der Waals surface area contributed by atoms with E-state index < -0.39 is 5.60 Å². The van der Waals surface area contributed by atoms with E-state index in [2.05, 4.69) is 11.7 Å². The summed E-state index contributed by atoms with van der Waals surface area (Å²) in [5.74, 6) is 0.705. The molecular formula is C15H26N2O2. The number of carbonyl (C=O) groups excluding carboxylic acids is 1. The summed E-state index contributed by atoms with van der Waals surface area (Å²) in [6, 6.07) is 0. The van der Waals surface area contributed by atoms with Crippen LogP contribution in [0.5, 0.6) is 0 Å². The highest BCUT2D eigenvalue weighted by atomic mass is 16.6. The minimum Gasteiger partial charge on any atom is -0.444 e. The predicted octanol–water partition coefficient (Wildman–Crippen LogP) is 3.11. The van der Waals surface area contributed by atoms with Crippen LogP contribution in [-0.4, -0.2) is 42.9 Å². The zero-order valence-electron chi connectivity index (χ0n) is 12.4. The predicted molar refractivity (Wildman–Crippen MR) is 76.6 cm³/mol. The fourth-order valence-corrected chi connectivity index (χ4v) is 3.08. The van der Waals surface area contributed by atoms with Crippen molar-refractivity contribution in [2.24, 2.45) is 16.3 Å². The monoisotopic (exact) mass is 266 g/mol. The van der Waals surface area contributed by atoms with E-state index in [9.17, 15) is 4.79 Å². The Bertz CT molecular complexity index is 348. The minimum atomic E-state index is -0.404.